The van der Waals surface area contributed by atoms with Crippen molar-refractivity contribution in [2.24, 2.45) is 7.05 Å². The summed E-state index contributed by atoms with van der Waals surface area (Å²) in [4.78, 5) is 0. The van der Waals surface area contributed by atoms with Gasteiger partial charge in [-0.3, -0.25) is 0 Å². The Morgan fingerprint density at radius 1 is 0.818 bits per heavy atom. The first-order valence-electron chi connectivity index (χ1n) is 12.1. The van der Waals surface area contributed by atoms with Crippen LogP contribution in [-0.2, 0) is 24.1 Å². The number of halogens is 1. The zero-order chi connectivity index (χ0) is 22.7. The third-order valence-electron chi connectivity index (χ3n) is 6.16. The van der Waals surface area contributed by atoms with E-state index in [2.05, 4.69) is 6.92 Å². The van der Waals surface area contributed by atoms with Gasteiger partial charge in [-0.15, -0.1) is 0 Å². The largest absolute Gasteiger partial charge is 1.00 e. The fraction of sp³-hybridized carbons (Fsp3) is 0.464. The van der Waals surface area contributed by atoms with Crippen molar-refractivity contribution in [3.8, 4) is 0 Å². The van der Waals surface area contributed by atoms with Gasteiger partial charge in [0.05, 0.1) is 13.7 Å². The predicted molar refractivity (Wildman–Crippen MR) is 129 cm³/mol. The Bertz CT molecular complexity index is 873. The minimum atomic E-state index is -1.28. The van der Waals surface area contributed by atoms with Crippen molar-refractivity contribution in [2.45, 2.75) is 70.6 Å². The summed E-state index contributed by atoms with van der Waals surface area (Å²) in [6.07, 6.45) is 14.3. The lowest BCUT2D eigenvalue weighted by molar-refractivity contribution is -0.684. The highest BCUT2D eigenvalue weighted by atomic mass is 35.5. The smallest absolute Gasteiger partial charge is 0.300 e. The van der Waals surface area contributed by atoms with Crippen LogP contribution >= 0.6 is 0 Å². The van der Waals surface area contributed by atoms with E-state index in [9.17, 15) is 5.11 Å². The van der Waals surface area contributed by atoms with Crippen LogP contribution in [0.1, 0.15) is 75.2 Å². The van der Waals surface area contributed by atoms with Crippen molar-refractivity contribution in [3.63, 3.8) is 0 Å². The lowest BCUT2D eigenvalue weighted by Gasteiger charge is -2.26. The molecule has 3 aromatic rings. The number of aryl methyl sites for hydroxylation is 1. The minimum absolute atomic E-state index is 0. The highest BCUT2D eigenvalue weighted by Crippen LogP contribution is 2.34. The Morgan fingerprint density at radius 2 is 1.33 bits per heavy atom. The van der Waals surface area contributed by atoms with Crippen LogP contribution in [0, 0.1) is 0 Å². The quantitative estimate of drug-likeness (QED) is 0.290. The Balaban J connectivity index is 0.00000385. The molecule has 4 nitrogen and oxygen atoms in total. The van der Waals surface area contributed by atoms with Gasteiger partial charge in [0.1, 0.15) is 12.4 Å². The first-order chi connectivity index (χ1) is 15.7. The normalized spacial score (nSPS) is 11.4. The maximum absolute atomic E-state index is 12.1. The molecule has 0 atom stereocenters. The summed E-state index contributed by atoms with van der Waals surface area (Å²) >= 11 is 0. The highest BCUT2D eigenvalue weighted by molar-refractivity contribution is 5.41. The summed E-state index contributed by atoms with van der Waals surface area (Å²) in [6.45, 7) is 3.42. The molecular formula is C28H39ClN2O2. The molecule has 0 aliphatic heterocycles. The van der Waals surface area contributed by atoms with Gasteiger partial charge < -0.3 is 22.3 Å². The zero-order valence-electron chi connectivity index (χ0n) is 20.1. The van der Waals surface area contributed by atoms with Crippen LogP contribution in [0.25, 0.3) is 0 Å². The maximum Gasteiger partial charge on any atom is 0.300 e. The number of hydrogen-bond acceptors (Lipinski definition) is 2. The number of ether oxygens (including phenoxy) is 1. The Morgan fingerprint density at radius 3 is 1.88 bits per heavy atom. The number of hydrogen-bond donors (Lipinski definition) is 1. The summed E-state index contributed by atoms with van der Waals surface area (Å²) in [7, 11) is 1.97. The summed E-state index contributed by atoms with van der Waals surface area (Å²) in [5.41, 5.74) is 0.400. The van der Waals surface area contributed by atoms with Crippen LogP contribution in [0.4, 0.5) is 0 Å². The van der Waals surface area contributed by atoms with Crippen molar-refractivity contribution >= 4 is 0 Å². The third kappa shape index (κ3) is 7.17. The molecule has 0 unspecified atom stereocenters. The maximum atomic E-state index is 12.1. The first kappa shape index (κ1) is 27.1. The van der Waals surface area contributed by atoms with Gasteiger partial charge in [0.15, 0.2) is 6.73 Å². The minimum Gasteiger partial charge on any atom is -1.00 e. The molecule has 0 spiro atoms. The van der Waals surface area contributed by atoms with Gasteiger partial charge in [-0.25, -0.2) is 9.13 Å². The molecule has 1 heterocycles. The van der Waals surface area contributed by atoms with Gasteiger partial charge >= 0.3 is 0 Å². The number of aliphatic hydroxyl groups is 1. The molecule has 0 radical (unpaired) electrons. The van der Waals surface area contributed by atoms with Gasteiger partial charge in [-0.2, -0.15) is 0 Å². The monoisotopic (exact) mass is 470 g/mol. The number of unbranched alkanes of at least 4 members (excludes halogenated alkanes) is 7. The van der Waals surface area contributed by atoms with E-state index in [0.29, 0.717) is 6.73 Å². The summed E-state index contributed by atoms with van der Waals surface area (Å²) in [5.74, 6) is 0.783. The zero-order valence-corrected chi connectivity index (χ0v) is 20.9. The lowest BCUT2D eigenvalue weighted by Crippen LogP contribution is -3.00. The van der Waals surface area contributed by atoms with Crippen molar-refractivity contribution in [3.05, 3.63) is 90.0 Å². The van der Waals surface area contributed by atoms with Crippen molar-refractivity contribution in [1.29, 1.82) is 0 Å². The molecule has 1 N–H and O–H groups in total. The second-order valence-corrected chi connectivity index (χ2v) is 8.66. The summed E-state index contributed by atoms with van der Waals surface area (Å²) < 4.78 is 10.0. The van der Waals surface area contributed by atoms with Gasteiger partial charge in [0.2, 0.25) is 5.60 Å². The van der Waals surface area contributed by atoms with E-state index in [1.54, 1.807) is 0 Å². The summed E-state index contributed by atoms with van der Waals surface area (Å²) in [5, 5.41) is 12.1. The third-order valence-corrected chi connectivity index (χ3v) is 6.16. The predicted octanol–water partition coefficient (Wildman–Crippen LogP) is 2.72. The fourth-order valence-electron chi connectivity index (χ4n) is 4.38. The SMILES string of the molecule is CCCCCCCCCCOCn1cc[n+](C)c1C(O)(c1ccccc1)c1ccccc1.[Cl-]. The topological polar surface area (TPSA) is 38.3 Å². The molecule has 0 aliphatic carbocycles. The number of nitrogens with zero attached hydrogens (tertiary/aromatic N) is 2. The molecule has 0 saturated carbocycles. The molecule has 5 heteroatoms. The Kier molecular flexibility index (Phi) is 11.7. The lowest BCUT2D eigenvalue weighted by atomic mass is 9.85. The molecule has 3 rings (SSSR count). The summed E-state index contributed by atoms with van der Waals surface area (Å²) in [6, 6.07) is 19.7. The second-order valence-electron chi connectivity index (χ2n) is 8.66. The molecule has 0 aliphatic rings. The van der Waals surface area contributed by atoms with E-state index in [1.807, 2.05) is 89.2 Å². The van der Waals surface area contributed by atoms with Crippen molar-refractivity contribution in [1.82, 2.24) is 4.57 Å². The van der Waals surface area contributed by atoms with Gasteiger partial charge in [0.25, 0.3) is 5.82 Å². The molecule has 0 saturated heterocycles. The van der Waals surface area contributed by atoms with E-state index in [-0.39, 0.29) is 12.4 Å². The van der Waals surface area contributed by atoms with E-state index >= 15 is 0 Å². The van der Waals surface area contributed by atoms with Gasteiger partial charge in [-0.1, -0.05) is 113 Å². The molecule has 0 bridgehead atoms. The average molecular weight is 471 g/mol. The number of imidazole rings is 1. The number of benzene rings is 2. The van der Waals surface area contributed by atoms with Crippen LogP contribution < -0.4 is 17.0 Å². The van der Waals surface area contributed by atoms with E-state index in [4.69, 9.17) is 4.74 Å². The fourth-order valence-corrected chi connectivity index (χ4v) is 4.38. The van der Waals surface area contributed by atoms with Crippen LogP contribution in [0.3, 0.4) is 0 Å². The van der Waals surface area contributed by atoms with Gasteiger partial charge in [-0.05, 0) is 6.42 Å². The van der Waals surface area contributed by atoms with Crippen LogP contribution in [0.2, 0.25) is 0 Å². The van der Waals surface area contributed by atoms with Crippen LogP contribution in [-0.4, -0.2) is 16.3 Å². The number of aromatic nitrogens is 2. The van der Waals surface area contributed by atoms with Crippen LogP contribution in [0.5, 0.6) is 0 Å². The van der Waals surface area contributed by atoms with E-state index < -0.39 is 5.60 Å². The Hall–Kier alpha value is -2.14. The molecule has 33 heavy (non-hydrogen) atoms. The van der Waals surface area contributed by atoms with E-state index in [1.165, 1.54) is 44.9 Å². The van der Waals surface area contributed by atoms with Crippen molar-refractivity contribution in [2.75, 3.05) is 6.61 Å². The molecule has 1 aromatic heterocycles. The van der Waals surface area contributed by atoms with E-state index in [0.717, 1.165) is 30.0 Å². The Labute approximate surface area is 205 Å². The average Bonchev–Trinajstić information content (AvgIpc) is 3.21. The number of rotatable bonds is 14. The molecular weight excluding hydrogens is 432 g/mol. The molecule has 0 amide bonds. The second kappa shape index (κ2) is 14.2. The molecule has 0 fully saturated rings. The van der Waals surface area contributed by atoms with Gasteiger partial charge in [0, 0.05) is 11.1 Å². The standard InChI is InChI=1S/C28H39N2O2.ClH/c1-3-4-5-6-7-8-9-16-23-32-24-30-22-21-29(2)27(30)28(31,25-17-12-10-13-18-25)26-19-14-11-15-20-26;/h10-15,17-22,31H,3-9,16,23-24H2,1-2H3;1H/q+1;/p-1. The van der Waals surface area contributed by atoms with Crippen molar-refractivity contribution < 1.29 is 26.8 Å². The first-order valence-corrected chi connectivity index (χ1v) is 12.1. The molecule has 180 valence electrons. The van der Waals surface area contributed by atoms with Crippen LogP contribution in [0.15, 0.2) is 73.1 Å². The highest BCUT2D eigenvalue weighted by Gasteiger charge is 2.44. The molecule has 2 aromatic carbocycles.